The van der Waals surface area contributed by atoms with Gasteiger partial charge in [0.2, 0.25) is 0 Å². The predicted molar refractivity (Wildman–Crippen MR) is 76.5 cm³/mol. The van der Waals surface area contributed by atoms with E-state index in [0.717, 1.165) is 42.5 Å². The van der Waals surface area contributed by atoms with E-state index in [1.54, 1.807) is 0 Å². The molecule has 0 saturated heterocycles. The second-order valence-corrected chi connectivity index (χ2v) is 5.32. The molecule has 0 radical (unpaired) electrons. The van der Waals surface area contributed by atoms with E-state index in [1.807, 2.05) is 31.2 Å². The summed E-state index contributed by atoms with van der Waals surface area (Å²) in [6.45, 7) is 3.59. The first kappa shape index (κ1) is 13.0. The molecule has 1 aliphatic rings. The third kappa shape index (κ3) is 2.64. The van der Waals surface area contributed by atoms with E-state index in [1.165, 1.54) is 0 Å². The molecule has 1 aromatic heterocycles. The summed E-state index contributed by atoms with van der Waals surface area (Å²) >= 11 is 6.16. The second kappa shape index (κ2) is 5.53. The van der Waals surface area contributed by atoms with Gasteiger partial charge in [0.1, 0.15) is 5.58 Å². The van der Waals surface area contributed by atoms with Crippen LogP contribution in [0.2, 0.25) is 5.22 Å². The molecule has 1 aromatic carbocycles. The van der Waals surface area contributed by atoms with Gasteiger partial charge >= 0.3 is 0 Å². The molecular formula is C15H18ClNO2. The fraction of sp³-hybridized carbons (Fsp3) is 0.467. The average molecular weight is 280 g/mol. The van der Waals surface area contributed by atoms with Crippen LogP contribution in [0.3, 0.4) is 0 Å². The number of hydrogen-bond acceptors (Lipinski definition) is 3. The van der Waals surface area contributed by atoms with Gasteiger partial charge in [0.05, 0.1) is 6.10 Å². The van der Waals surface area contributed by atoms with Gasteiger partial charge in [0.15, 0.2) is 5.22 Å². The van der Waals surface area contributed by atoms with Crippen molar-refractivity contribution in [3.8, 4) is 0 Å². The standard InChI is InChI=1S/C15H18ClNO2/c1-2-18-11-7-10(8-11)17-9-13-12-5-3-4-6-14(12)19-15(13)16/h3-6,10-11,17H,2,7-9H2,1H3. The first-order chi connectivity index (χ1) is 9.28. The van der Waals surface area contributed by atoms with Gasteiger partial charge in [-0.15, -0.1) is 0 Å². The third-order valence-electron chi connectivity index (χ3n) is 3.71. The zero-order valence-electron chi connectivity index (χ0n) is 11.0. The van der Waals surface area contributed by atoms with Crippen molar-refractivity contribution in [1.29, 1.82) is 0 Å². The minimum Gasteiger partial charge on any atom is -0.444 e. The van der Waals surface area contributed by atoms with Crippen molar-refractivity contribution in [3.05, 3.63) is 35.0 Å². The highest BCUT2D eigenvalue weighted by atomic mass is 35.5. The van der Waals surface area contributed by atoms with E-state index in [-0.39, 0.29) is 0 Å². The molecule has 0 bridgehead atoms. The number of ether oxygens (including phenoxy) is 1. The fourth-order valence-corrected chi connectivity index (χ4v) is 2.84. The molecule has 3 rings (SSSR count). The summed E-state index contributed by atoms with van der Waals surface area (Å²) in [5.74, 6) is 0. The summed E-state index contributed by atoms with van der Waals surface area (Å²) in [5.41, 5.74) is 1.90. The molecule has 0 aliphatic heterocycles. The minimum absolute atomic E-state index is 0.430. The van der Waals surface area contributed by atoms with Crippen molar-refractivity contribution in [2.24, 2.45) is 0 Å². The van der Waals surface area contributed by atoms with Gasteiger partial charge in [-0.1, -0.05) is 18.2 Å². The highest BCUT2D eigenvalue weighted by Crippen LogP contribution is 2.30. The lowest BCUT2D eigenvalue weighted by Crippen LogP contribution is -2.45. The van der Waals surface area contributed by atoms with Crippen molar-refractivity contribution in [1.82, 2.24) is 5.32 Å². The Morgan fingerprint density at radius 3 is 2.95 bits per heavy atom. The van der Waals surface area contributed by atoms with Crippen LogP contribution in [0.25, 0.3) is 11.0 Å². The normalized spacial score (nSPS) is 22.6. The molecule has 19 heavy (non-hydrogen) atoms. The molecule has 3 nitrogen and oxygen atoms in total. The van der Waals surface area contributed by atoms with Crippen LogP contribution in [0.5, 0.6) is 0 Å². The average Bonchev–Trinajstić information content (AvgIpc) is 2.68. The third-order valence-corrected chi connectivity index (χ3v) is 4.02. The fourth-order valence-electron chi connectivity index (χ4n) is 2.58. The highest BCUT2D eigenvalue weighted by molar-refractivity contribution is 6.30. The first-order valence-electron chi connectivity index (χ1n) is 6.78. The number of hydrogen-bond donors (Lipinski definition) is 1. The summed E-state index contributed by atoms with van der Waals surface area (Å²) in [7, 11) is 0. The van der Waals surface area contributed by atoms with Crippen LogP contribution in [0.1, 0.15) is 25.3 Å². The maximum atomic E-state index is 6.16. The lowest BCUT2D eigenvalue weighted by atomic mass is 9.89. The smallest absolute Gasteiger partial charge is 0.199 e. The highest BCUT2D eigenvalue weighted by Gasteiger charge is 2.29. The van der Waals surface area contributed by atoms with E-state index in [9.17, 15) is 0 Å². The van der Waals surface area contributed by atoms with E-state index >= 15 is 0 Å². The predicted octanol–water partition coefficient (Wildman–Crippen LogP) is 3.74. The molecule has 1 saturated carbocycles. The summed E-state index contributed by atoms with van der Waals surface area (Å²) in [5, 5.41) is 5.11. The van der Waals surface area contributed by atoms with Crippen molar-refractivity contribution >= 4 is 22.6 Å². The Hall–Kier alpha value is -1.03. The van der Waals surface area contributed by atoms with Crippen LogP contribution in [-0.4, -0.2) is 18.8 Å². The van der Waals surface area contributed by atoms with Gasteiger partial charge < -0.3 is 14.5 Å². The number of furan rings is 1. The van der Waals surface area contributed by atoms with Gasteiger partial charge in [0, 0.05) is 30.1 Å². The number of rotatable bonds is 5. The Balaban J connectivity index is 1.62. The summed E-state index contributed by atoms with van der Waals surface area (Å²) in [6, 6.07) is 8.48. The number of fused-ring (bicyclic) bond motifs is 1. The first-order valence-corrected chi connectivity index (χ1v) is 7.16. The molecule has 0 spiro atoms. The Morgan fingerprint density at radius 2 is 2.16 bits per heavy atom. The number of nitrogens with one attached hydrogen (secondary N) is 1. The van der Waals surface area contributed by atoms with Crippen molar-refractivity contribution in [2.75, 3.05) is 6.61 Å². The molecule has 1 aliphatic carbocycles. The number of halogens is 1. The summed E-state index contributed by atoms with van der Waals surface area (Å²) < 4.78 is 11.1. The summed E-state index contributed by atoms with van der Waals surface area (Å²) in [4.78, 5) is 0. The molecular weight excluding hydrogens is 262 g/mol. The van der Waals surface area contributed by atoms with Crippen molar-refractivity contribution in [3.63, 3.8) is 0 Å². The SMILES string of the molecule is CCOC1CC(NCc2c(Cl)oc3ccccc23)C1. The molecule has 0 unspecified atom stereocenters. The molecule has 1 heterocycles. The minimum atomic E-state index is 0.430. The van der Waals surface area contributed by atoms with Crippen LogP contribution >= 0.6 is 11.6 Å². The van der Waals surface area contributed by atoms with Gasteiger partial charge in [-0.25, -0.2) is 0 Å². The number of para-hydroxylation sites is 1. The molecule has 1 N–H and O–H groups in total. The molecule has 102 valence electrons. The Kier molecular flexibility index (Phi) is 3.78. The second-order valence-electron chi connectivity index (χ2n) is 4.98. The van der Waals surface area contributed by atoms with Crippen LogP contribution in [0, 0.1) is 0 Å². The molecule has 0 amide bonds. The largest absolute Gasteiger partial charge is 0.444 e. The molecule has 1 fully saturated rings. The van der Waals surface area contributed by atoms with Crippen LogP contribution in [-0.2, 0) is 11.3 Å². The molecule has 0 atom stereocenters. The zero-order valence-corrected chi connectivity index (χ0v) is 11.7. The monoisotopic (exact) mass is 279 g/mol. The summed E-state index contributed by atoms with van der Waals surface area (Å²) in [6.07, 6.45) is 2.60. The quantitative estimate of drug-likeness (QED) is 0.905. The van der Waals surface area contributed by atoms with E-state index in [2.05, 4.69) is 5.32 Å². The topological polar surface area (TPSA) is 34.4 Å². The van der Waals surface area contributed by atoms with Crippen LogP contribution in [0.15, 0.2) is 28.7 Å². The van der Waals surface area contributed by atoms with E-state index in [0.29, 0.717) is 17.4 Å². The zero-order chi connectivity index (χ0) is 13.2. The lowest BCUT2D eigenvalue weighted by Gasteiger charge is -2.35. The van der Waals surface area contributed by atoms with Gasteiger partial charge in [0.25, 0.3) is 0 Å². The van der Waals surface area contributed by atoms with Crippen LogP contribution < -0.4 is 5.32 Å². The van der Waals surface area contributed by atoms with Crippen molar-refractivity contribution in [2.45, 2.75) is 38.5 Å². The Labute approximate surface area is 117 Å². The number of benzene rings is 1. The van der Waals surface area contributed by atoms with Crippen molar-refractivity contribution < 1.29 is 9.15 Å². The van der Waals surface area contributed by atoms with Gasteiger partial charge in [-0.05, 0) is 37.4 Å². The maximum Gasteiger partial charge on any atom is 0.199 e. The lowest BCUT2D eigenvalue weighted by molar-refractivity contribution is -0.0102. The maximum absolute atomic E-state index is 6.16. The Morgan fingerprint density at radius 1 is 1.37 bits per heavy atom. The van der Waals surface area contributed by atoms with Crippen LogP contribution in [0.4, 0.5) is 0 Å². The van der Waals surface area contributed by atoms with Gasteiger partial charge in [-0.3, -0.25) is 0 Å². The Bertz CT molecular complexity index is 560. The molecule has 4 heteroatoms. The van der Waals surface area contributed by atoms with E-state index in [4.69, 9.17) is 20.8 Å². The molecule has 2 aromatic rings. The van der Waals surface area contributed by atoms with Gasteiger partial charge in [-0.2, -0.15) is 0 Å². The van der Waals surface area contributed by atoms with E-state index < -0.39 is 0 Å².